The van der Waals surface area contributed by atoms with Gasteiger partial charge in [-0.2, -0.15) is 0 Å². The lowest BCUT2D eigenvalue weighted by atomic mass is 10.1. The largest absolute Gasteiger partial charge is 0.390 e. The Labute approximate surface area is 153 Å². The summed E-state index contributed by atoms with van der Waals surface area (Å²) in [5, 5.41) is 31.5. The van der Waals surface area contributed by atoms with E-state index in [4.69, 9.17) is 4.74 Å². The highest BCUT2D eigenvalue weighted by Crippen LogP contribution is 2.30. The number of amides is 1. The van der Waals surface area contributed by atoms with Crippen molar-refractivity contribution >= 4 is 18.3 Å². The van der Waals surface area contributed by atoms with Crippen LogP contribution in [0.4, 0.5) is 0 Å². The molecule has 0 bridgehead atoms. The third-order valence-electron chi connectivity index (χ3n) is 5.16. The van der Waals surface area contributed by atoms with Crippen LogP contribution in [0.1, 0.15) is 37.8 Å². The first-order chi connectivity index (χ1) is 11.6. The van der Waals surface area contributed by atoms with Crippen LogP contribution >= 0.6 is 12.4 Å². The predicted molar refractivity (Wildman–Crippen MR) is 92.0 cm³/mol. The van der Waals surface area contributed by atoms with Gasteiger partial charge in [0.2, 0.25) is 5.91 Å². The Kier molecular flexibility index (Phi) is 7.18. The Balaban J connectivity index is 0.00000225. The van der Waals surface area contributed by atoms with E-state index < -0.39 is 18.2 Å². The van der Waals surface area contributed by atoms with Crippen molar-refractivity contribution in [2.75, 3.05) is 7.11 Å². The normalized spacial score (nSPS) is 29.6. The van der Waals surface area contributed by atoms with Gasteiger partial charge in [0.05, 0.1) is 24.9 Å². The number of ether oxygens (including phenoxy) is 1. The minimum atomic E-state index is -0.942. The molecule has 142 valence electrons. The number of hydrogen-bond acceptors (Lipinski definition) is 6. The number of hydrogen-bond donors (Lipinski definition) is 3. The zero-order valence-electron chi connectivity index (χ0n) is 14.4. The molecule has 0 unspecified atom stereocenters. The van der Waals surface area contributed by atoms with Gasteiger partial charge in [0.25, 0.3) is 0 Å². The SMILES string of the molecule is COCc1cn(C[C@H]2C[C@@H](NC(=O)C3CCCC3)[C@H](O)[C@@H]2O)nn1.Cl. The topological polar surface area (TPSA) is 110 Å². The summed E-state index contributed by atoms with van der Waals surface area (Å²) in [6.07, 6.45) is 4.49. The molecule has 25 heavy (non-hydrogen) atoms. The minimum absolute atomic E-state index is 0. The van der Waals surface area contributed by atoms with Crippen molar-refractivity contribution in [3.05, 3.63) is 11.9 Å². The Morgan fingerprint density at radius 2 is 2.08 bits per heavy atom. The number of methoxy groups -OCH3 is 1. The van der Waals surface area contributed by atoms with Crippen molar-refractivity contribution in [1.82, 2.24) is 20.3 Å². The standard InChI is InChI=1S/C16H26N4O4.ClH/c1-24-9-12-8-20(19-18-12)7-11-6-13(15(22)14(11)21)17-16(23)10-4-2-3-5-10;/h8,10-11,13-15,21-22H,2-7,9H2,1H3,(H,17,23);1H/t11-,13-,14-,15+;/m1./s1. The average molecular weight is 375 g/mol. The first-order valence-corrected chi connectivity index (χ1v) is 8.63. The molecule has 2 fully saturated rings. The van der Waals surface area contributed by atoms with Crippen LogP contribution in [0.3, 0.4) is 0 Å². The van der Waals surface area contributed by atoms with E-state index in [0.29, 0.717) is 19.6 Å². The molecule has 0 saturated heterocycles. The highest BCUT2D eigenvalue weighted by molar-refractivity contribution is 5.85. The number of carbonyl (C=O) groups is 1. The van der Waals surface area contributed by atoms with E-state index in [1.165, 1.54) is 0 Å². The Hall–Kier alpha value is -1.22. The number of aliphatic hydroxyl groups is 2. The monoisotopic (exact) mass is 374 g/mol. The van der Waals surface area contributed by atoms with Crippen LogP contribution in [0.25, 0.3) is 0 Å². The first kappa shape index (κ1) is 20.1. The van der Waals surface area contributed by atoms with Crippen LogP contribution < -0.4 is 5.32 Å². The molecule has 4 atom stereocenters. The Bertz CT molecular complexity index is 564. The number of rotatable bonds is 6. The zero-order chi connectivity index (χ0) is 17.1. The molecule has 2 saturated carbocycles. The fraction of sp³-hybridized carbons (Fsp3) is 0.812. The number of nitrogens with zero attached hydrogens (tertiary/aromatic N) is 3. The second-order valence-electron chi connectivity index (χ2n) is 6.94. The second kappa shape index (κ2) is 8.93. The summed E-state index contributed by atoms with van der Waals surface area (Å²) in [7, 11) is 1.59. The second-order valence-corrected chi connectivity index (χ2v) is 6.94. The quantitative estimate of drug-likeness (QED) is 0.659. The number of carbonyl (C=O) groups excluding carboxylic acids is 1. The van der Waals surface area contributed by atoms with Crippen LogP contribution in [-0.4, -0.2) is 56.5 Å². The molecule has 0 spiro atoms. The van der Waals surface area contributed by atoms with Crippen molar-refractivity contribution in [1.29, 1.82) is 0 Å². The van der Waals surface area contributed by atoms with Crippen LogP contribution in [0.2, 0.25) is 0 Å². The van der Waals surface area contributed by atoms with Crippen LogP contribution in [0.5, 0.6) is 0 Å². The van der Waals surface area contributed by atoms with Crippen molar-refractivity contribution in [2.45, 2.75) is 63.5 Å². The number of nitrogens with one attached hydrogen (secondary N) is 1. The molecule has 2 aliphatic carbocycles. The smallest absolute Gasteiger partial charge is 0.223 e. The van der Waals surface area contributed by atoms with Gasteiger partial charge in [-0.05, 0) is 19.3 Å². The van der Waals surface area contributed by atoms with Gasteiger partial charge in [-0.1, -0.05) is 18.1 Å². The van der Waals surface area contributed by atoms with Crippen molar-refractivity contribution in [3.63, 3.8) is 0 Å². The molecule has 8 nitrogen and oxygen atoms in total. The first-order valence-electron chi connectivity index (χ1n) is 8.63. The Morgan fingerprint density at radius 3 is 2.76 bits per heavy atom. The Morgan fingerprint density at radius 1 is 1.36 bits per heavy atom. The van der Waals surface area contributed by atoms with Gasteiger partial charge < -0.3 is 20.3 Å². The van der Waals surface area contributed by atoms with E-state index in [-0.39, 0.29) is 30.2 Å². The molecule has 0 aromatic carbocycles. The summed E-state index contributed by atoms with van der Waals surface area (Å²) in [6, 6.07) is -0.403. The maximum Gasteiger partial charge on any atom is 0.223 e. The third kappa shape index (κ3) is 4.69. The lowest BCUT2D eigenvalue weighted by molar-refractivity contribution is -0.126. The van der Waals surface area contributed by atoms with E-state index in [1.807, 2.05) is 0 Å². The molecule has 0 radical (unpaired) electrons. The molecule has 1 heterocycles. The fourth-order valence-electron chi connectivity index (χ4n) is 3.82. The van der Waals surface area contributed by atoms with Crippen LogP contribution in [0.15, 0.2) is 6.20 Å². The molecule has 1 aromatic rings. The van der Waals surface area contributed by atoms with Gasteiger partial charge in [-0.25, -0.2) is 0 Å². The summed E-state index contributed by atoms with van der Waals surface area (Å²) < 4.78 is 6.66. The van der Waals surface area contributed by atoms with E-state index in [0.717, 1.165) is 31.4 Å². The van der Waals surface area contributed by atoms with Crippen molar-refractivity contribution in [2.24, 2.45) is 11.8 Å². The highest BCUT2D eigenvalue weighted by atomic mass is 35.5. The third-order valence-corrected chi connectivity index (χ3v) is 5.16. The average Bonchev–Trinajstić information content (AvgIpc) is 3.28. The fourth-order valence-corrected chi connectivity index (χ4v) is 3.82. The molecular weight excluding hydrogens is 348 g/mol. The van der Waals surface area contributed by atoms with Crippen LogP contribution in [0, 0.1) is 11.8 Å². The van der Waals surface area contributed by atoms with Crippen molar-refractivity contribution < 1.29 is 19.7 Å². The van der Waals surface area contributed by atoms with Crippen LogP contribution in [-0.2, 0) is 22.7 Å². The summed E-state index contributed by atoms with van der Waals surface area (Å²) in [5.74, 6) is -0.112. The summed E-state index contributed by atoms with van der Waals surface area (Å²) in [5.41, 5.74) is 0.719. The maximum absolute atomic E-state index is 12.2. The number of halogens is 1. The lowest BCUT2D eigenvalue weighted by Gasteiger charge is -2.20. The van der Waals surface area contributed by atoms with Gasteiger partial charge in [-0.15, -0.1) is 17.5 Å². The van der Waals surface area contributed by atoms with E-state index in [1.54, 1.807) is 18.0 Å². The van der Waals surface area contributed by atoms with Gasteiger partial charge in [0.1, 0.15) is 11.8 Å². The van der Waals surface area contributed by atoms with Crippen molar-refractivity contribution in [3.8, 4) is 0 Å². The molecule has 1 amide bonds. The minimum Gasteiger partial charge on any atom is -0.390 e. The summed E-state index contributed by atoms with van der Waals surface area (Å²) >= 11 is 0. The van der Waals surface area contributed by atoms with Gasteiger partial charge in [0.15, 0.2) is 0 Å². The molecule has 3 N–H and O–H groups in total. The maximum atomic E-state index is 12.2. The molecule has 3 rings (SSSR count). The molecule has 9 heteroatoms. The highest BCUT2D eigenvalue weighted by Gasteiger charge is 2.43. The van der Waals surface area contributed by atoms with E-state index >= 15 is 0 Å². The van der Waals surface area contributed by atoms with Gasteiger partial charge >= 0.3 is 0 Å². The molecule has 0 aliphatic heterocycles. The lowest BCUT2D eigenvalue weighted by Crippen LogP contribution is -2.45. The molecule has 2 aliphatic rings. The van der Waals surface area contributed by atoms with Gasteiger partial charge in [-0.3, -0.25) is 9.48 Å². The number of aromatic nitrogens is 3. The zero-order valence-corrected chi connectivity index (χ0v) is 15.2. The number of aliphatic hydroxyl groups excluding tert-OH is 2. The van der Waals surface area contributed by atoms with Gasteiger partial charge in [0, 0.05) is 25.5 Å². The van der Waals surface area contributed by atoms with E-state index in [9.17, 15) is 15.0 Å². The molecular formula is C16H27ClN4O4. The summed E-state index contributed by atoms with van der Waals surface area (Å²) in [6.45, 7) is 0.834. The summed E-state index contributed by atoms with van der Waals surface area (Å²) in [4.78, 5) is 12.2. The van der Waals surface area contributed by atoms with E-state index in [2.05, 4.69) is 15.6 Å². The predicted octanol–water partition coefficient (Wildman–Crippen LogP) is 0.263. The molecule has 1 aromatic heterocycles.